The Labute approximate surface area is 228 Å². The summed E-state index contributed by atoms with van der Waals surface area (Å²) in [7, 11) is 3.19. The van der Waals surface area contributed by atoms with E-state index < -0.39 is 0 Å². The van der Waals surface area contributed by atoms with Crippen molar-refractivity contribution in [2.45, 2.75) is 17.2 Å². The minimum atomic E-state index is -0.217. The number of carbonyl (C=O) groups is 3. The summed E-state index contributed by atoms with van der Waals surface area (Å²) in [5.41, 5.74) is 2.44. The average molecular weight is 550 g/mol. The number of thioether (sulfide) groups is 1. The van der Waals surface area contributed by atoms with E-state index in [1.807, 2.05) is 30.3 Å². The van der Waals surface area contributed by atoms with Gasteiger partial charge in [-0.05, 0) is 60.6 Å². The monoisotopic (exact) mass is 549 g/mol. The van der Waals surface area contributed by atoms with E-state index in [0.29, 0.717) is 30.2 Å². The molecule has 2 heterocycles. The first-order valence-electron chi connectivity index (χ1n) is 12.5. The Hall–Kier alpha value is -3.37. The maximum atomic E-state index is 13.1. The van der Waals surface area contributed by atoms with E-state index in [2.05, 4.69) is 22.5 Å². The van der Waals surface area contributed by atoms with Crippen LogP contribution < -0.4 is 19.7 Å². The predicted molar refractivity (Wildman–Crippen MR) is 147 cm³/mol. The number of fused-ring (bicyclic) bond motifs is 6. The standard InChI is InChI=1S/C28H27N3O5S2/c1-35-20-8-3-15(11-21(20)36-2)9-10-29-23(32)14-37-28-30-19-7-6-18(13-22(19)38-28)31-26(33)24-16-4-5-17(12-16)25(24)27(31)34/h3-8,11,13,16-17,24-25H,9-10,12,14H2,1-2H3,(H,29,32)/t16-,17-,24+,25+/m0/s1. The molecule has 6 rings (SSSR count). The maximum Gasteiger partial charge on any atom is 0.238 e. The van der Waals surface area contributed by atoms with Gasteiger partial charge in [-0.1, -0.05) is 30.0 Å². The van der Waals surface area contributed by atoms with Gasteiger partial charge in [-0.25, -0.2) is 9.88 Å². The van der Waals surface area contributed by atoms with Gasteiger partial charge in [-0.2, -0.15) is 0 Å². The van der Waals surface area contributed by atoms with Crippen LogP contribution in [-0.2, 0) is 20.8 Å². The van der Waals surface area contributed by atoms with E-state index in [1.54, 1.807) is 20.3 Å². The van der Waals surface area contributed by atoms with Crippen molar-refractivity contribution in [2.75, 3.05) is 31.4 Å². The van der Waals surface area contributed by atoms with Gasteiger partial charge in [0.05, 0.1) is 47.7 Å². The van der Waals surface area contributed by atoms with Crippen LogP contribution in [0.15, 0.2) is 52.9 Å². The Balaban J connectivity index is 1.05. The second-order valence-electron chi connectivity index (χ2n) is 9.72. The molecule has 3 aliphatic rings. The van der Waals surface area contributed by atoms with Crippen molar-refractivity contribution in [1.82, 2.24) is 10.3 Å². The molecule has 38 heavy (non-hydrogen) atoms. The lowest BCUT2D eigenvalue weighted by molar-refractivity contribution is -0.123. The minimum absolute atomic E-state index is 0.0709. The minimum Gasteiger partial charge on any atom is -0.493 e. The van der Waals surface area contributed by atoms with Crippen LogP contribution in [0.5, 0.6) is 11.5 Å². The Morgan fingerprint density at radius 1 is 1.05 bits per heavy atom. The lowest BCUT2D eigenvalue weighted by Gasteiger charge is -2.17. The second kappa shape index (κ2) is 10.1. The number of benzene rings is 2. The van der Waals surface area contributed by atoms with Gasteiger partial charge in [0.25, 0.3) is 0 Å². The molecule has 2 aliphatic carbocycles. The molecule has 0 spiro atoms. The number of nitrogens with zero attached hydrogens (tertiary/aromatic N) is 2. The van der Waals surface area contributed by atoms with Crippen LogP contribution in [0.25, 0.3) is 10.2 Å². The molecule has 1 N–H and O–H groups in total. The third kappa shape index (κ3) is 4.35. The summed E-state index contributed by atoms with van der Waals surface area (Å²) >= 11 is 2.84. The van der Waals surface area contributed by atoms with Crippen molar-refractivity contribution >= 4 is 56.7 Å². The number of aromatic nitrogens is 1. The smallest absolute Gasteiger partial charge is 0.238 e. The van der Waals surface area contributed by atoms with E-state index >= 15 is 0 Å². The van der Waals surface area contributed by atoms with Crippen LogP contribution in [0.1, 0.15) is 12.0 Å². The van der Waals surface area contributed by atoms with Crippen LogP contribution in [0.2, 0.25) is 0 Å². The summed E-state index contributed by atoms with van der Waals surface area (Å²) in [6, 6.07) is 11.2. The average Bonchev–Trinajstić information content (AvgIpc) is 3.70. The maximum absolute atomic E-state index is 13.1. The van der Waals surface area contributed by atoms with Crippen molar-refractivity contribution < 1.29 is 23.9 Å². The molecule has 2 bridgehead atoms. The molecule has 1 aliphatic heterocycles. The van der Waals surface area contributed by atoms with E-state index in [9.17, 15) is 14.4 Å². The van der Waals surface area contributed by atoms with Gasteiger partial charge >= 0.3 is 0 Å². The van der Waals surface area contributed by atoms with Gasteiger partial charge in [0, 0.05) is 6.54 Å². The number of rotatable bonds is 9. The Bertz CT molecular complexity index is 1440. The summed E-state index contributed by atoms with van der Waals surface area (Å²) in [6.07, 6.45) is 5.79. The number of allylic oxidation sites excluding steroid dienone is 2. The molecule has 1 saturated carbocycles. The SMILES string of the molecule is COc1ccc(CCNC(=O)CSc2nc3ccc(N4C(=O)[C@H]5[C@H](C4=O)[C@H]4C=C[C@H]5C4)cc3s2)cc1OC. The molecule has 2 fully saturated rings. The second-order valence-corrected chi connectivity index (χ2v) is 12.0. The van der Waals surface area contributed by atoms with E-state index in [0.717, 1.165) is 26.5 Å². The summed E-state index contributed by atoms with van der Waals surface area (Å²) in [5.74, 6) is 1.29. The number of nitrogens with one attached hydrogen (secondary N) is 1. The van der Waals surface area contributed by atoms with Crippen molar-refractivity contribution in [2.24, 2.45) is 23.7 Å². The zero-order chi connectivity index (χ0) is 26.4. The lowest BCUT2D eigenvalue weighted by atomic mass is 9.85. The Kier molecular flexibility index (Phi) is 6.61. The summed E-state index contributed by atoms with van der Waals surface area (Å²) < 4.78 is 12.2. The number of methoxy groups -OCH3 is 2. The highest BCUT2D eigenvalue weighted by atomic mass is 32.2. The van der Waals surface area contributed by atoms with E-state index in [1.165, 1.54) is 28.0 Å². The van der Waals surface area contributed by atoms with Crippen molar-refractivity contribution in [3.8, 4) is 11.5 Å². The zero-order valence-electron chi connectivity index (χ0n) is 21.0. The molecule has 0 unspecified atom stereocenters. The van der Waals surface area contributed by atoms with Gasteiger partial charge in [0.15, 0.2) is 15.8 Å². The fraction of sp³-hybridized carbons (Fsp3) is 0.357. The van der Waals surface area contributed by atoms with Crippen LogP contribution in [0, 0.1) is 23.7 Å². The van der Waals surface area contributed by atoms with Crippen LogP contribution in [0.4, 0.5) is 5.69 Å². The van der Waals surface area contributed by atoms with Crippen molar-refractivity contribution in [3.63, 3.8) is 0 Å². The summed E-state index contributed by atoms with van der Waals surface area (Å²) in [5, 5.41) is 2.95. The predicted octanol–water partition coefficient (Wildman–Crippen LogP) is 4.08. The van der Waals surface area contributed by atoms with E-state index in [-0.39, 0.29) is 47.1 Å². The molecular formula is C28H27N3O5S2. The van der Waals surface area contributed by atoms with Gasteiger partial charge in [0.2, 0.25) is 17.7 Å². The Morgan fingerprint density at radius 2 is 1.79 bits per heavy atom. The molecule has 8 nitrogen and oxygen atoms in total. The fourth-order valence-corrected chi connectivity index (χ4v) is 7.74. The molecule has 196 valence electrons. The number of hydrogen-bond acceptors (Lipinski definition) is 8. The van der Waals surface area contributed by atoms with Crippen LogP contribution in [0.3, 0.4) is 0 Å². The fourth-order valence-electron chi connectivity index (χ4n) is 5.81. The zero-order valence-corrected chi connectivity index (χ0v) is 22.6. The summed E-state index contributed by atoms with van der Waals surface area (Å²) in [6.45, 7) is 0.509. The number of amides is 3. The van der Waals surface area contributed by atoms with Gasteiger partial charge in [-0.15, -0.1) is 11.3 Å². The molecule has 10 heteroatoms. The third-order valence-electron chi connectivity index (χ3n) is 7.59. The van der Waals surface area contributed by atoms with Gasteiger partial charge in [0.1, 0.15) is 0 Å². The first-order chi connectivity index (χ1) is 18.5. The largest absolute Gasteiger partial charge is 0.493 e. The molecule has 3 amide bonds. The number of hydrogen-bond donors (Lipinski definition) is 1. The van der Waals surface area contributed by atoms with Crippen LogP contribution >= 0.6 is 23.1 Å². The topological polar surface area (TPSA) is 97.8 Å². The highest BCUT2D eigenvalue weighted by molar-refractivity contribution is 8.01. The number of ether oxygens (including phenoxy) is 2. The van der Waals surface area contributed by atoms with Crippen molar-refractivity contribution in [1.29, 1.82) is 0 Å². The van der Waals surface area contributed by atoms with Crippen LogP contribution in [-0.4, -0.2) is 49.2 Å². The van der Waals surface area contributed by atoms with Crippen molar-refractivity contribution in [3.05, 3.63) is 54.1 Å². The first kappa shape index (κ1) is 24.9. The number of carbonyl (C=O) groups excluding carboxylic acids is 3. The normalized spacial score (nSPS) is 23.4. The molecule has 1 saturated heterocycles. The summed E-state index contributed by atoms with van der Waals surface area (Å²) in [4.78, 5) is 44.7. The molecule has 4 atom stereocenters. The van der Waals surface area contributed by atoms with E-state index in [4.69, 9.17) is 9.47 Å². The molecule has 2 aromatic carbocycles. The highest BCUT2D eigenvalue weighted by Crippen LogP contribution is 2.53. The molecule has 1 aromatic heterocycles. The quantitative estimate of drug-likeness (QED) is 0.244. The van der Waals surface area contributed by atoms with Gasteiger partial charge < -0.3 is 14.8 Å². The Morgan fingerprint density at radius 3 is 2.50 bits per heavy atom. The highest BCUT2D eigenvalue weighted by Gasteiger charge is 2.59. The molecular weight excluding hydrogens is 522 g/mol. The number of thiazole rings is 1. The number of anilines is 1. The molecule has 3 aromatic rings. The first-order valence-corrected chi connectivity index (χ1v) is 14.3. The third-order valence-corrected chi connectivity index (χ3v) is 9.75. The number of imide groups is 1. The van der Waals surface area contributed by atoms with Gasteiger partial charge in [-0.3, -0.25) is 14.4 Å². The lowest BCUT2D eigenvalue weighted by Crippen LogP contribution is -2.32. The molecule has 0 radical (unpaired) electrons.